The maximum Gasteiger partial charge on any atom is 0.162 e. The average Bonchev–Trinajstić information content (AvgIpc) is 2.55. The molecule has 3 aromatic rings. The summed E-state index contributed by atoms with van der Waals surface area (Å²) in [5.41, 5.74) is 1.58. The number of aromatic hydroxyl groups is 1. The third kappa shape index (κ3) is 3.01. The van der Waals surface area contributed by atoms with Gasteiger partial charge >= 0.3 is 0 Å². The molecule has 0 amide bonds. The summed E-state index contributed by atoms with van der Waals surface area (Å²) in [5, 5.41) is 13.9. The summed E-state index contributed by atoms with van der Waals surface area (Å²) in [7, 11) is 1.48. The number of phenols is 1. The predicted octanol–water partition coefficient (Wildman–Crippen LogP) is 3.66. The van der Waals surface area contributed by atoms with Gasteiger partial charge in [-0.25, -0.2) is 14.4 Å². The van der Waals surface area contributed by atoms with Crippen molar-refractivity contribution in [3.05, 3.63) is 54.1 Å². The quantitative estimate of drug-likeness (QED) is 0.769. The van der Waals surface area contributed by atoms with Crippen LogP contribution in [0.25, 0.3) is 10.9 Å². The SMILES string of the molecule is COc1cc2ncnc(N[C@H](C)c3ccc(F)cc3)c2cc1O. The highest BCUT2D eigenvalue weighted by atomic mass is 19.1. The van der Waals surface area contributed by atoms with Crippen molar-refractivity contribution in [1.82, 2.24) is 9.97 Å². The first kappa shape index (κ1) is 15.0. The predicted molar refractivity (Wildman–Crippen MR) is 86.2 cm³/mol. The van der Waals surface area contributed by atoms with Crippen molar-refractivity contribution in [2.45, 2.75) is 13.0 Å². The second kappa shape index (κ2) is 6.08. The molecule has 5 nitrogen and oxygen atoms in total. The number of benzene rings is 2. The Bertz CT molecular complexity index is 837. The van der Waals surface area contributed by atoms with Crippen molar-refractivity contribution in [3.8, 4) is 11.5 Å². The third-order valence-electron chi connectivity index (χ3n) is 3.66. The molecule has 2 aromatic carbocycles. The fourth-order valence-electron chi connectivity index (χ4n) is 2.39. The Morgan fingerprint density at radius 2 is 1.91 bits per heavy atom. The minimum atomic E-state index is -0.273. The van der Waals surface area contributed by atoms with Crippen molar-refractivity contribution in [2.75, 3.05) is 12.4 Å². The monoisotopic (exact) mass is 313 g/mol. The Morgan fingerprint density at radius 1 is 1.17 bits per heavy atom. The number of anilines is 1. The molecule has 3 rings (SSSR count). The van der Waals surface area contributed by atoms with Crippen molar-refractivity contribution in [1.29, 1.82) is 0 Å². The second-order valence-corrected chi connectivity index (χ2v) is 5.18. The number of fused-ring (bicyclic) bond motifs is 1. The molecule has 0 saturated heterocycles. The van der Waals surface area contributed by atoms with Crippen molar-refractivity contribution in [2.24, 2.45) is 0 Å². The van der Waals surface area contributed by atoms with E-state index in [0.29, 0.717) is 22.5 Å². The normalized spacial score (nSPS) is 12.1. The van der Waals surface area contributed by atoms with Crippen LogP contribution in [0, 0.1) is 5.82 Å². The molecule has 0 bridgehead atoms. The lowest BCUT2D eigenvalue weighted by atomic mass is 10.1. The molecule has 0 spiro atoms. The van der Waals surface area contributed by atoms with Gasteiger partial charge in [0.1, 0.15) is 18.0 Å². The van der Waals surface area contributed by atoms with Gasteiger partial charge in [-0.1, -0.05) is 12.1 Å². The summed E-state index contributed by atoms with van der Waals surface area (Å²) in [6, 6.07) is 9.41. The van der Waals surface area contributed by atoms with Gasteiger partial charge in [0.25, 0.3) is 0 Å². The van der Waals surface area contributed by atoms with Gasteiger partial charge in [-0.05, 0) is 30.7 Å². The standard InChI is InChI=1S/C17H16FN3O2/c1-10(11-3-5-12(18)6-4-11)21-17-13-7-15(22)16(23-2)8-14(13)19-9-20-17/h3-10,22H,1-2H3,(H,19,20,21)/t10-/m1/s1. The van der Waals surface area contributed by atoms with Gasteiger partial charge in [0.15, 0.2) is 11.5 Å². The molecule has 118 valence electrons. The topological polar surface area (TPSA) is 67.3 Å². The zero-order chi connectivity index (χ0) is 16.4. The molecule has 1 aromatic heterocycles. The number of halogens is 1. The summed E-state index contributed by atoms with van der Waals surface area (Å²) < 4.78 is 18.1. The highest BCUT2D eigenvalue weighted by Gasteiger charge is 2.12. The smallest absolute Gasteiger partial charge is 0.162 e. The third-order valence-corrected chi connectivity index (χ3v) is 3.66. The van der Waals surface area contributed by atoms with Crippen molar-refractivity contribution in [3.63, 3.8) is 0 Å². The van der Waals surface area contributed by atoms with Gasteiger partial charge in [-0.15, -0.1) is 0 Å². The number of nitrogens with one attached hydrogen (secondary N) is 1. The summed E-state index contributed by atoms with van der Waals surface area (Å²) in [6.45, 7) is 1.95. The van der Waals surface area contributed by atoms with E-state index < -0.39 is 0 Å². The number of phenolic OH excluding ortho intramolecular Hbond substituents is 1. The minimum Gasteiger partial charge on any atom is -0.504 e. The summed E-state index contributed by atoms with van der Waals surface area (Å²) >= 11 is 0. The van der Waals surface area contributed by atoms with E-state index in [4.69, 9.17) is 4.74 Å². The van der Waals surface area contributed by atoms with E-state index in [9.17, 15) is 9.50 Å². The first-order chi connectivity index (χ1) is 11.1. The molecule has 0 unspecified atom stereocenters. The van der Waals surface area contributed by atoms with E-state index in [2.05, 4.69) is 15.3 Å². The number of ether oxygens (including phenoxy) is 1. The molecule has 0 aliphatic heterocycles. The molecule has 0 aliphatic rings. The Labute approximate surface area is 132 Å². The average molecular weight is 313 g/mol. The van der Waals surface area contributed by atoms with E-state index in [1.165, 1.54) is 25.6 Å². The van der Waals surface area contributed by atoms with Gasteiger partial charge in [-0.3, -0.25) is 0 Å². The molecule has 1 heterocycles. The first-order valence-corrected chi connectivity index (χ1v) is 7.12. The molecule has 2 N–H and O–H groups in total. The summed E-state index contributed by atoms with van der Waals surface area (Å²) in [5.74, 6) is 0.691. The van der Waals surface area contributed by atoms with Gasteiger partial charge in [0.05, 0.1) is 12.6 Å². The molecule has 0 aliphatic carbocycles. The first-order valence-electron chi connectivity index (χ1n) is 7.12. The fourth-order valence-corrected chi connectivity index (χ4v) is 2.39. The van der Waals surface area contributed by atoms with Gasteiger partial charge in [-0.2, -0.15) is 0 Å². The van der Waals surface area contributed by atoms with E-state index in [-0.39, 0.29) is 17.6 Å². The fraction of sp³-hybridized carbons (Fsp3) is 0.176. The highest BCUT2D eigenvalue weighted by Crippen LogP contribution is 2.33. The zero-order valence-corrected chi connectivity index (χ0v) is 12.7. The number of rotatable bonds is 4. The lowest BCUT2D eigenvalue weighted by molar-refractivity contribution is 0.374. The number of aromatic nitrogens is 2. The molecule has 23 heavy (non-hydrogen) atoms. The number of nitrogens with zero attached hydrogens (tertiary/aromatic N) is 2. The van der Waals surface area contributed by atoms with Crippen LogP contribution in [-0.2, 0) is 0 Å². The Balaban J connectivity index is 1.96. The van der Waals surface area contributed by atoms with Gasteiger partial charge < -0.3 is 15.2 Å². The minimum absolute atomic E-state index is 0.0206. The van der Waals surface area contributed by atoms with E-state index in [1.54, 1.807) is 24.3 Å². The molecular formula is C17H16FN3O2. The maximum absolute atomic E-state index is 13.0. The summed E-state index contributed by atoms with van der Waals surface area (Å²) in [6.07, 6.45) is 1.44. The largest absolute Gasteiger partial charge is 0.504 e. The molecule has 6 heteroatoms. The van der Waals surface area contributed by atoms with Crippen molar-refractivity contribution >= 4 is 16.7 Å². The van der Waals surface area contributed by atoms with Crippen molar-refractivity contribution < 1.29 is 14.2 Å². The van der Waals surface area contributed by atoms with Crippen LogP contribution >= 0.6 is 0 Å². The number of methoxy groups -OCH3 is 1. The van der Waals surface area contributed by atoms with Crippen LogP contribution in [0.15, 0.2) is 42.7 Å². The Morgan fingerprint density at radius 3 is 2.61 bits per heavy atom. The summed E-state index contributed by atoms with van der Waals surface area (Å²) in [4.78, 5) is 8.43. The van der Waals surface area contributed by atoms with E-state index in [1.807, 2.05) is 6.92 Å². The lowest BCUT2D eigenvalue weighted by Gasteiger charge is -2.16. The molecule has 1 atom stereocenters. The Kier molecular flexibility index (Phi) is 3.97. The van der Waals surface area contributed by atoms with Gasteiger partial charge in [0.2, 0.25) is 0 Å². The number of hydrogen-bond donors (Lipinski definition) is 2. The van der Waals surface area contributed by atoms with Crippen LogP contribution in [0.4, 0.5) is 10.2 Å². The van der Waals surface area contributed by atoms with Crippen LogP contribution in [0.1, 0.15) is 18.5 Å². The van der Waals surface area contributed by atoms with Crippen LogP contribution in [0.5, 0.6) is 11.5 Å². The molecule has 0 radical (unpaired) electrons. The maximum atomic E-state index is 13.0. The highest BCUT2D eigenvalue weighted by molar-refractivity contribution is 5.91. The van der Waals surface area contributed by atoms with E-state index >= 15 is 0 Å². The van der Waals surface area contributed by atoms with E-state index in [0.717, 1.165) is 5.56 Å². The van der Waals surface area contributed by atoms with Crippen LogP contribution in [-0.4, -0.2) is 22.2 Å². The molecular weight excluding hydrogens is 297 g/mol. The van der Waals surface area contributed by atoms with Gasteiger partial charge in [0, 0.05) is 17.5 Å². The Hall–Kier alpha value is -2.89. The van der Waals surface area contributed by atoms with Crippen LogP contribution < -0.4 is 10.1 Å². The lowest BCUT2D eigenvalue weighted by Crippen LogP contribution is -2.08. The second-order valence-electron chi connectivity index (χ2n) is 5.18. The van der Waals surface area contributed by atoms with Crippen LogP contribution in [0.2, 0.25) is 0 Å². The number of hydrogen-bond acceptors (Lipinski definition) is 5. The van der Waals surface area contributed by atoms with Crippen LogP contribution in [0.3, 0.4) is 0 Å². The zero-order valence-electron chi connectivity index (χ0n) is 12.7. The molecule has 0 saturated carbocycles. The molecule has 0 fully saturated rings.